The van der Waals surface area contributed by atoms with E-state index in [-0.39, 0.29) is 38.0 Å². The molecule has 0 spiro atoms. The van der Waals surface area contributed by atoms with Gasteiger partial charge in [0.2, 0.25) is 0 Å². The van der Waals surface area contributed by atoms with Crippen LogP contribution in [0.15, 0.2) is 106 Å². The van der Waals surface area contributed by atoms with Gasteiger partial charge in [0.05, 0.1) is 12.8 Å². The molecule has 0 saturated carbocycles. The SMILES string of the molecule is CC1=C(CC(=O)O)c2cc(F)ccc2/C1=C\c1ccc(S(C)=O)cc1.CC1=C(CC(=O)O)c2cc(F)ccc2/C1=C\c1ccc(S(C)=O)cc1.S. The van der Waals surface area contributed by atoms with Crippen LogP contribution in [0.4, 0.5) is 8.78 Å². The average Bonchev–Trinajstić information content (AvgIpc) is 3.45. The van der Waals surface area contributed by atoms with Crippen molar-refractivity contribution in [3.8, 4) is 0 Å². The van der Waals surface area contributed by atoms with Gasteiger partial charge in [0.1, 0.15) is 11.6 Å². The Hall–Kier alpha value is -4.71. The van der Waals surface area contributed by atoms with Crippen molar-refractivity contribution in [3.05, 3.63) is 141 Å². The van der Waals surface area contributed by atoms with Crippen molar-refractivity contribution in [2.75, 3.05) is 12.5 Å². The summed E-state index contributed by atoms with van der Waals surface area (Å²) < 4.78 is 50.3. The lowest BCUT2D eigenvalue weighted by atomic mass is 10.0. The molecular formula is C40H36F2O6S3. The normalized spacial score (nSPS) is 15.9. The van der Waals surface area contributed by atoms with Gasteiger partial charge in [0.15, 0.2) is 0 Å². The number of hydrogen-bond acceptors (Lipinski definition) is 4. The first kappa shape index (κ1) is 39.1. The van der Waals surface area contributed by atoms with E-state index in [1.807, 2.05) is 50.3 Å². The van der Waals surface area contributed by atoms with Crippen molar-refractivity contribution in [2.45, 2.75) is 36.5 Å². The Morgan fingerprint density at radius 3 is 1.22 bits per heavy atom. The van der Waals surface area contributed by atoms with Crippen molar-refractivity contribution in [1.29, 1.82) is 0 Å². The van der Waals surface area contributed by atoms with E-state index in [4.69, 9.17) is 10.2 Å². The summed E-state index contributed by atoms with van der Waals surface area (Å²) in [5, 5.41) is 18.3. The molecule has 4 aromatic rings. The third-order valence-corrected chi connectivity index (χ3v) is 10.5. The molecule has 0 bridgehead atoms. The third-order valence-electron chi connectivity index (χ3n) is 8.61. The van der Waals surface area contributed by atoms with Crippen molar-refractivity contribution >= 4 is 81.5 Å². The minimum Gasteiger partial charge on any atom is -0.481 e. The lowest BCUT2D eigenvalue weighted by Crippen LogP contribution is -1.97. The molecule has 0 saturated heterocycles. The number of hydrogen-bond donors (Lipinski definition) is 2. The predicted molar refractivity (Wildman–Crippen MR) is 206 cm³/mol. The van der Waals surface area contributed by atoms with Gasteiger partial charge in [0, 0.05) is 43.9 Å². The van der Waals surface area contributed by atoms with Crippen molar-refractivity contribution < 1.29 is 37.0 Å². The molecule has 11 heteroatoms. The maximum Gasteiger partial charge on any atom is 0.307 e. The number of carboxylic acid groups (broad SMARTS) is 2. The van der Waals surface area contributed by atoms with Gasteiger partial charge in [0.25, 0.3) is 0 Å². The fraction of sp³-hybridized carbons (Fsp3) is 0.150. The van der Waals surface area contributed by atoms with E-state index in [1.165, 1.54) is 24.3 Å². The second kappa shape index (κ2) is 16.5. The molecule has 0 radical (unpaired) electrons. The summed E-state index contributed by atoms with van der Waals surface area (Å²) in [5.41, 5.74) is 9.49. The summed E-state index contributed by atoms with van der Waals surface area (Å²) in [6, 6.07) is 23.6. The number of carbonyl (C=O) groups is 2. The van der Waals surface area contributed by atoms with Gasteiger partial charge < -0.3 is 10.2 Å². The van der Waals surface area contributed by atoms with Gasteiger partial charge in [-0.05, 0) is 141 Å². The van der Waals surface area contributed by atoms with Crippen LogP contribution in [0.5, 0.6) is 0 Å². The molecule has 264 valence electrons. The van der Waals surface area contributed by atoms with E-state index in [0.29, 0.717) is 22.3 Å². The van der Waals surface area contributed by atoms with E-state index in [1.54, 1.807) is 48.9 Å². The van der Waals surface area contributed by atoms with Crippen LogP contribution in [0, 0.1) is 11.6 Å². The quantitative estimate of drug-likeness (QED) is 0.187. The molecule has 2 aliphatic carbocycles. The molecule has 51 heavy (non-hydrogen) atoms. The summed E-state index contributed by atoms with van der Waals surface area (Å²) in [7, 11) is -2.07. The van der Waals surface area contributed by atoms with Crippen LogP contribution in [0.25, 0.3) is 34.4 Å². The van der Waals surface area contributed by atoms with Crippen LogP contribution in [-0.2, 0) is 31.2 Å². The van der Waals surface area contributed by atoms with E-state index in [0.717, 1.165) is 54.3 Å². The van der Waals surface area contributed by atoms with Gasteiger partial charge in [-0.1, -0.05) is 36.4 Å². The van der Waals surface area contributed by atoms with Crippen LogP contribution >= 0.6 is 13.5 Å². The Labute approximate surface area is 307 Å². The Balaban J connectivity index is 0.000000224. The second-order valence-corrected chi connectivity index (χ2v) is 14.6. The van der Waals surface area contributed by atoms with Gasteiger partial charge in [-0.2, -0.15) is 13.5 Å². The lowest BCUT2D eigenvalue weighted by molar-refractivity contribution is -0.136. The number of allylic oxidation sites excluding steroid dienone is 4. The molecule has 0 aliphatic heterocycles. The first-order valence-corrected chi connectivity index (χ1v) is 18.6. The number of rotatable bonds is 8. The van der Waals surface area contributed by atoms with Crippen LogP contribution in [0.3, 0.4) is 0 Å². The Kier molecular flexibility index (Phi) is 12.7. The van der Waals surface area contributed by atoms with Gasteiger partial charge in [-0.15, -0.1) is 0 Å². The van der Waals surface area contributed by atoms with E-state index < -0.39 is 33.5 Å². The highest BCUT2D eigenvalue weighted by atomic mass is 32.2. The number of fused-ring (bicyclic) bond motifs is 2. The largest absolute Gasteiger partial charge is 0.481 e. The maximum atomic E-state index is 13.7. The molecule has 0 fully saturated rings. The summed E-state index contributed by atoms with van der Waals surface area (Å²) >= 11 is 0. The monoisotopic (exact) mass is 746 g/mol. The fourth-order valence-corrected chi connectivity index (χ4v) is 7.15. The zero-order chi connectivity index (χ0) is 36.3. The van der Waals surface area contributed by atoms with E-state index in [2.05, 4.69) is 0 Å². The molecule has 2 unspecified atom stereocenters. The first-order chi connectivity index (χ1) is 23.7. The standard InChI is InChI=1S/2C20H17FO3S.H2S/c2*1-12-17(9-13-3-6-15(7-4-13)25(2)24)16-8-5-14(21)10-19(16)18(12)11-20(22)23;/h2*3-10H,11H2,1-2H3,(H,22,23);1H2/b2*17-9-;. The summed E-state index contributed by atoms with van der Waals surface area (Å²) in [4.78, 5) is 23.9. The Bertz CT molecular complexity index is 2040. The van der Waals surface area contributed by atoms with Crippen molar-refractivity contribution in [1.82, 2.24) is 0 Å². The molecule has 2 atom stereocenters. The molecule has 4 aromatic carbocycles. The van der Waals surface area contributed by atoms with Crippen molar-refractivity contribution in [3.63, 3.8) is 0 Å². The summed E-state index contributed by atoms with van der Waals surface area (Å²) in [6.07, 6.45) is 6.86. The lowest BCUT2D eigenvalue weighted by Gasteiger charge is -2.05. The highest BCUT2D eigenvalue weighted by Crippen LogP contribution is 2.45. The van der Waals surface area contributed by atoms with Gasteiger partial charge in [-0.3, -0.25) is 18.0 Å². The minimum absolute atomic E-state index is 0. The zero-order valence-corrected chi connectivity index (χ0v) is 30.9. The van der Waals surface area contributed by atoms with E-state index in [9.17, 15) is 26.8 Å². The molecule has 6 rings (SSSR count). The molecule has 2 N–H and O–H groups in total. The second-order valence-electron chi connectivity index (χ2n) is 11.9. The summed E-state index contributed by atoms with van der Waals surface area (Å²) in [6.45, 7) is 3.72. The maximum absolute atomic E-state index is 13.7. The van der Waals surface area contributed by atoms with E-state index >= 15 is 0 Å². The van der Waals surface area contributed by atoms with Crippen LogP contribution < -0.4 is 0 Å². The predicted octanol–water partition coefficient (Wildman–Crippen LogP) is 8.84. The van der Waals surface area contributed by atoms with Crippen LogP contribution in [0.2, 0.25) is 0 Å². The smallest absolute Gasteiger partial charge is 0.307 e. The van der Waals surface area contributed by atoms with Gasteiger partial charge >= 0.3 is 11.9 Å². The molecular weight excluding hydrogens is 711 g/mol. The number of benzene rings is 4. The minimum atomic E-state index is -1.04. The zero-order valence-electron chi connectivity index (χ0n) is 28.3. The van der Waals surface area contributed by atoms with Crippen molar-refractivity contribution in [2.24, 2.45) is 0 Å². The third kappa shape index (κ3) is 8.97. The highest BCUT2D eigenvalue weighted by molar-refractivity contribution is 7.84. The Morgan fingerprint density at radius 1 is 0.588 bits per heavy atom. The van der Waals surface area contributed by atoms with Gasteiger partial charge in [-0.25, -0.2) is 8.78 Å². The summed E-state index contributed by atoms with van der Waals surface area (Å²) in [5.74, 6) is -2.66. The van der Waals surface area contributed by atoms with Crippen LogP contribution in [0.1, 0.15) is 60.1 Å². The number of halogens is 2. The molecule has 0 amide bonds. The molecule has 0 heterocycles. The number of carboxylic acids is 2. The van der Waals surface area contributed by atoms with Crippen LogP contribution in [-0.4, -0.2) is 43.1 Å². The fourth-order valence-electron chi connectivity index (χ4n) is 6.11. The number of aliphatic carboxylic acids is 2. The topological polar surface area (TPSA) is 109 Å². The first-order valence-electron chi connectivity index (χ1n) is 15.5. The Morgan fingerprint density at radius 2 is 0.922 bits per heavy atom. The molecule has 0 aromatic heterocycles. The highest BCUT2D eigenvalue weighted by Gasteiger charge is 2.27. The average molecular weight is 747 g/mol. The molecule has 6 nitrogen and oxygen atoms in total. The molecule has 2 aliphatic rings.